The Hall–Kier alpha value is -0.860. The van der Waals surface area contributed by atoms with Crippen LogP contribution in [0.5, 0.6) is 0 Å². The number of allylic oxidation sites excluding steroid dienone is 1. The Labute approximate surface area is 75.0 Å². The Morgan fingerprint density at radius 2 is 2.17 bits per heavy atom. The van der Waals surface area contributed by atoms with Crippen LogP contribution in [0.3, 0.4) is 0 Å². The lowest BCUT2D eigenvalue weighted by Crippen LogP contribution is -2.32. The summed E-state index contributed by atoms with van der Waals surface area (Å²) >= 11 is 0. The zero-order valence-corrected chi connectivity index (χ0v) is 7.77. The Balaban J connectivity index is 3.31. The lowest BCUT2D eigenvalue weighted by atomic mass is 10.2. The van der Waals surface area contributed by atoms with Gasteiger partial charge in [0.15, 0.2) is 0 Å². The van der Waals surface area contributed by atoms with E-state index in [1.807, 2.05) is 6.08 Å². The number of nitrogens with one attached hydrogen (secondary N) is 2. The molecule has 0 unspecified atom stereocenters. The number of hydrogen-bond acceptors (Lipinski definition) is 2. The predicted molar refractivity (Wildman–Crippen MR) is 54.8 cm³/mol. The van der Waals surface area contributed by atoms with Gasteiger partial charge in [-0.15, -0.1) is 6.58 Å². The first-order chi connectivity index (χ1) is 5.81. The molecule has 2 nitrogen and oxygen atoms in total. The molecule has 0 bridgehead atoms. The highest BCUT2D eigenvalue weighted by atomic mass is 15.3. The van der Waals surface area contributed by atoms with Crippen molar-refractivity contribution in [3.8, 4) is 0 Å². The van der Waals surface area contributed by atoms with E-state index in [-0.39, 0.29) is 0 Å². The SMILES string of the molecule is C=CCNNCC(=C)/C=C\CC. The summed E-state index contributed by atoms with van der Waals surface area (Å²) in [5.74, 6) is 0. The van der Waals surface area contributed by atoms with E-state index in [4.69, 9.17) is 0 Å². The van der Waals surface area contributed by atoms with Crippen LogP contribution in [0.1, 0.15) is 13.3 Å². The molecule has 0 heterocycles. The first kappa shape index (κ1) is 11.1. The van der Waals surface area contributed by atoms with E-state index < -0.39 is 0 Å². The quantitative estimate of drug-likeness (QED) is 0.261. The molecule has 0 aliphatic rings. The average molecular weight is 166 g/mol. The minimum atomic E-state index is 0.768. The summed E-state index contributed by atoms with van der Waals surface area (Å²) in [5.41, 5.74) is 7.08. The highest BCUT2D eigenvalue weighted by Crippen LogP contribution is 1.90. The van der Waals surface area contributed by atoms with E-state index in [2.05, 4.69) is 37.0 Å². The van der Waals surface area contributed by atoms with Gasteiger partial charge in [0.1, 0.15) is 0 Å². The molecule has 0 aliphatic heterocycles. The zero-order valence-electron chi connectivity index (χ0n) is 7.77. The van der Waals surface area contributed by atoms with Gasteiger partial charge in [-0.2, -0.15) is 0 Å². The molecule has 0 saturated heterocycles. The van der Waals surface area contributed by atoms with E-state index in [0.29, 0.717) is 0 Å². The van der Waals surface area contributed by atoms with Gasteiger partial charge in [-0.25, -0.2) is 0 Å². The molecule has 0 aromatic rings. The lowest BCUT2D eigenvalue weighted by Gasteiger charge is -2.03. The molecule has 0 amide bonds. The summed E-state index contributed by atoms with van der Waals surface area (Å²) in [6.45, 7) is 11.1. The second-order valence-electron chi connectivity index (χ2n) is 2.49. The molecular weight excluding hydrogens is 148 g/mol. The van der Waals surface area contributed by atoms with Gasteiger partial charge in [0.25, 0.3) is 0 Å². The van der Waals surface area contributed by atoms with Gasteiger partial charge in [0.2, 0.25) is 0 Å². The predicted octanol–water partition coefficient (Wildman–Crippen LogP) is 1.79. The first-order valence-electron chi connectivity index (χ1n) is 4.22. The van der Waals surface area contributed by atoms with Gasteiger partial charge in [0, 0.05) is 13.1 Å². The van der Waals surface area contributed by atoms with Crippen molar-refractivity contribution in [2.45, 2.75) is 13.3 Å². The first-order valence-corrected chi connectivity index (χ1v) is 4.22. The van der Waals surface area contributed by atoms with E-state index in [0.717, 1.165) is 25.1 Å². The van der Waals surface area contributed by atoms with Crippen LogP contribution < -0.4 is 10.9 Å². The normalized spacial score (nSPS) is 10.4. The zero-order chi connectivity index (χ0) is 9.23. The summed E-state index contributed by atoms with van der Waals surface area (Å²) in [5, 5.41) is 0. The minimum Gasteiger partial charge on any atom is -0.254 e. The average Bonchev–Trinajstić information content (AvgIpc) is 2.09. The van der Waals surface area contributed by atoms with Gasteiger partial charge in [0.05, 0.1) is 0 Å². The molecule has 0 rings (SSSR count). The fourth-order valence-corrected chi connectivity index (χ4v) is 0.664. The van der Waals surface area contributed by atoms with Crippen molar-refractivity contribution in [3.63, 3.8) is 0 Å². The van der Waals surface area contributed by atoms with Crippen molar-refractivity contribution in [1.82, 2.24) is 10.9 Å². The molecule has 2 heteroatoms. The molecule has 0 aromatic carbocycles. The summed E-state index contributed by atoms with van der Waals surface area (Å²) in [7, 11) is 0. The Kier molecular flexibility index (Phi) is 7.65. The monoisotopic (exact) mass is 166 g/mol. The van der Waals surface area contributed by atoms with Crippen LogP contribution in [-0.2, 0) is 0 Å². The highest BCUT2D eigenvalue weighted by molar-refractivity contribution is 5.15. The maximum atomic E-state index is 3.87. The van der Waals surface area contributed by atoms with Crippen LogP contribution in [0, 0.1) is 0 Å². The van der Waals surface area contributed by atoms with E-state index in [1.165, 1.54) is 0 Å². The summed E-state index contributed by atoms with van der Waals surface area (Å²) in [4.78, 5) is 0. The van der Waals surface area contributed by atoms with Crippen LogP contribution in [0.15, 0.2) is 37.0 Å². The number of hydrazine groups is 1. The third kappa shape index (κ3) is 7.25. The maximum absolute atomic E-state index is 3.87. The molecule has 0 radical (unpaired) electrons. The van der Waals surface area contributed by atoms with Crippen molar-refractivity contribution in [2.24, 2.45) is 0 Å². The van der Waals surface area contributed by atoms with Gasteiger partial charge in [-0.1, -0.05) is 31.7 Å². The highest BCUT2D eigenvalue weighted by Gasteiger charge is 1.85. The van der Waals surface area contributed by atoms with E-state index >= 15 is 0 Å². The second-order valence-corrected chi connectivity index (χ2v) is 2.49. The largest absolute Gasteiger partial charge is 0.254 e. The van der Waals surface area contributed by atoms with Crippen molar-refractivity contribution < 1.29 is 0 Å². The third-order valence-electron chi connectivity index (χ3n) is 1.28. The van der Waals surface area contributed by atoms with Gasteiger partial charge in [-0.3, -0.25) is 10.9 Å². The maximum Gasteiger partial charge on any atom is 0.0345 e. The molecule has 0 aromatic heterocycles. The third-order valence-corrected chi connectivity index (χ3v) is 1.28. The smallest absolute Gasteiger partial charge is 0.0345 e. The van der Waals surface area contributed by atoms with Crippen LogP contribution in [0.4, 0.5) is 0 Å². The van der Waals surface area contributed by atoms with Gasteiger partial charge in [-0.05, 0) is 12.0 Å². The standard InChI is InChI=1S/C10H18N2/c1-4-6-7-10(3)9-12-11-8-5-2/h5-7,11-12H,2-4,8-9H2,1H3/b7-6-. The molecule has 68 valence electrons. The Morgan fingerprint density at radius 1 is 1.42 bits per heavy atom. The molecule has 0 saturated carbocycles. The van der Waals surface area contributed by atoms with Gasteiger partial charge >= 0.3 is 0 Å². The molecule has 0 atom stereocenters. The van der Waals surface area contributed by atoms with E-state index in [9.17, 15) is 0 Å². The lowest BCUT2D eigenvalue weighted by molar-refractivity contribution is 0.604. The summed E-state index contributed by atoms with van der Waals surface area (Å²) in [6.07, 6.45) is 6.98. The second kappa shape index (κ2) is 8.24. The van der Waals surface area contributed by atoms with Crippen molar-refractivity contribution >= 4 is 0 Å². The molecule has 2 N–H and O–H groups in total. The van der Waals surface area contributed by atoms with Crippen LogP contribution in [0.25, 0.3) is 0 Å². The van der Waals surface area contributed by atoms with Gasteiger partial charge < -0.3 is 0 Å². The summed E-state index contributed by atoms with van der Waals surface area (Å²) < 4.78 is 0. The molecule has 0 aliphatic carbocycles. The fraction of sp³-hybridized carbons (Fsp3) is 0.400. The van der Waals surface area contributed by atoms with Crippen LogP contribution >= 0.6 is 0 Å². The summed E-state index contributed by atoms with van der Waals surface area (Å²) in [6, 6.07) is 0. The Bertz CT molecular complexity index is 159. The number of hydrogen-bond donors (Lipinski definition) is 2. The fourth-order valence-electron chi connectivity index (χ4n) is 0.664. The van der Waals surface area contributed by atoms with Crippen molar-refractivity contribution in [2.75, 3.05) is 13.1 Å². The van der Waals surface area contributed by atoms with Crippen molar-refractivity contribution in [1.29, 1.82) is 0 Å². The van der Waals surface area contributed by atoms with E-state index in [1.54, 1.807) is 6.08 Å². The molecule has 12 heavy (non-hydrogen) atoms. The molecular formula is C10H18N2. The number of rotatable bonds is 7. The van der Waals surface area contributed by atoms with Crippen molar-refractivity contribution in [3.05, 3.63) is 37.0 Å². The Morgan fingerprint density at radius 3 is 2.75 bits per heavy atom. The molecule has 0 spiro atoms. The van der Waals surface area contributed by atoms with Crippen LogP contribution in [-0.4, -0.2) is 13.1 Å². The topological polar surface area (TPSA) is 24.1 Å². The van der Waals surface area contributed by atoms with Crippen LogP contribution in [0.2, 0.25) is 0 Å². The minimum absolute atomic E-state index is 0.768. The molecule has 0 fully saturated rings.